The van der Waals surface area contributed by atoms with Crippen molar-refractivity contribution >= 4 is 56.8 Å². The molecule has 0 aliphatic heterocycles. The van der Waals surface area contributed by atoms with Crippen LogP contribution in [0.3, 0.4) is 0 Å². The normalized spacial score (nSPS) is 11.1. The molecular weight excluding hydrogens is 433 g/mol. The van der Waals surface area contributed by atoms with Crippen LogP contribution in [0, 0.1) is 0 Å². The molecule has 0 fully saturated rings. The van der Waals surface area contributed by atoms with E-state index in [1.54, 1.807) is 0 Å². The predicted molar refractivity (Wildman–Crippen MR) is 62.0 cm³/mol. The van der Waals surface area contributed by atoms with Crippen molar-refractivity contribution < 1.29 is 38.9 Å². The zero-order valence-electron chi connectivity index (χ0n) is 9.98. The van der Waals surface area contributed by atoms with Crippen LogP contribution < -0.4 is 14.2 Å². The largest absolute Gasteiger partial charge is 3.00 e. The molecule has 3 N–H and O–H groups in total. The van der Waals surface area contributed by atoms with E-state index in [1.807, 2.05) is 0 Å². The third-order valence-electron chi connectivity index (χ3n) is 0.750. The minimum absolute atomic E-state index is 0. The summed E-state index contributed by atoms with van der Waals surface area (Å²) in [6.07, 6.45) is 0. The molecule has 0 heterocycles. The molecule has 0 rings (SSSR count). The predicted octanol–water partition coefficient (Wildman–Crippen LogP) is -4.38. The molecule has 114 valence electrons. The molecule has 0 saturated carbocycles. The van der Waals surface area contributed by atoms with Crippen molar-refractivity contribution in [3.05, 3.63) is 0 Å². The molecule has 0 amide bonds. The van der Waals surface area contributed by atoms with Crippen LogP contribution in [0.4, 0.5) is 0 Å². The maximum atomic E-state index is 9.33. The van der Waals surface area contributed by atoms with Gasteiger partial charge in [-0.15, -0.1) is 0 Å². The van der Waals surface area contributed by atoms with E-state index in [0.29, 0.717) is 0 Å². The van der Waals surface area contributed by atoms with Crippen LogP contribution in [0.2, 0.25) is 0 Å². The molecule has 19 heavy (non-hydrogen) atoms. The van der Waals surface area contributed by atoms with Crippen LogP contribution in [0.1, 0.15) is 0 Å². The van der Waals surface area contributed by atoms with E-state index in [0.717, 1.165) is 21.1 Å². The van der Waals surface area contributed by atoms with Gasteiger partial charge in [0.2, 0.25) is 0 Å². The molecule has 0 bridgehead atoms. The summed E-state index contributed by atoms with van der Waals surface area (Å²) in [4.78, 5) is 0. The summed E-state index contributed by atoms with van der Waals surface area (Å²) in [6, 6.07) is 0. The number of hydrogen-bond acceptors (Lipinski definition) is 9. The van der Waals surface area contributed by atoms with Crippen molar-refractivity contribution in [1.82, 2.24) is 14.2 Å². The Hall–Kier alpha value is 0.480. The average Bonchev–Trinajstić information content (AvgIpc) is 2.16. The van der Waals surface area contributed by atoms with Crippen LogP contribution in [0.15, 0.2) is 0 Å². The first-order valence-corrected chi connectivity index (χ1v) is 7.84. The number of hydrogen-bond donors (Lipinski definition) is 3. The van der Waals surface area contributed by atoms with Crippen LogP contribution in [0.25, 0.3) is 0 Å². The Morgan fingerprint density at radius 3 is 0.632 bits per heavy atom. The molecule has 0 aliphatic carbocycles. The molecule has 0 radical (unpaired) electrons. The van der Waals surface area contributed by atoms with E-state index in [4.69, 9.17) is 0 Å². The van der Waals surface area contributed by atoms with Gasteiger partial charge in [0, 0.05) is 0 Å². The molecular formula is C3H12InN3O9S3. The van der Waals surface area contributed by atoms with Gasteiger partial charge >= 0.3 is 25.8 Å². The smallest absolute Gasteiger partial charge is 0.735 e. The fourth-order valence-electron chi connectivity index (χ4n) is 0. The first kappa shape index (κ1) is 27.8. The first-order chi connectivity index (χ1) is 7.68. The van der Waals surface area contributed by atoms with E-state index in [9.17, 15) is 38.9 Å². The van der Waals surface area contributed by atoms with Gasteiger partial charge in [-0.1, -0.05) is 0 Å². The summed E-state index contributed by atoms with van der Waals surface area (Å²) in [5, 5.41) is 0. The molecule has 0 spiro atoms. The topological polar surface area (TPSA) is 208 Å². The monoisotopic (exact) mass is 445 g/mol. The van der Waals surface area contributed by atoms with Gasteiger partial charge in [0.25, 0.3) is 0 Å². The van der Waals surface area contributed by atoms with Gasteiger partial charge in [-0.25, -0.2) is 39.4 Å². The van der Waals surface area contributed by atoms with E-state index in [1.165, 1.54) is 14.2 Å². The Morgan fingerprint density at radius 2 is 0.632 bits per heavy atom. The summed E-state index contributed by atoms with van der Waals surface area (Å²) in [7, 11) is -9.31. The summed E-state index contributed by atoms with van der Waals surface area (Å²) in [5.74, 6) is 0. The molecule has 12 nitrogen and oxygen atoms in total. The molecule has 0 unspecified atom stereocenters. The second kappa shape index (κ2) is 12.2. The van der Waals surface area contributed by atoms with Crippen molar-refractivity contribution in [1.29, 1.82) is 0 Å². The molecule has 16 heteroatoms. The van der Waals surface area contributed by atoms with Crippen LogP contribution in [-0.2, 0) is 30.9 Å². The quantitative estimate of drug-likeness (QED) is 0.358. The Balaban J connectivity index is -0.0000000865. The van der Waals surface area contributed by atoms with E-state index >= 15 is 0 Å². The molecule has 0 atom stereocenters. The molecule has 0 aromatic heterocycles. The fourth-order valence-corrected chi connectivity index (χ4v) is 0. The van der Waals surface area contributed by atoms with Crippen molar-refractivity contribution in [2.24, 2.45) is 0 Å². The summed E-state index contributed by atoms with van der Waals surface area (Å²) in [6.45, 7) is 0. The van der Waals surface area contributed by atoms with Gasteiger partial charge in [0.1, 0.15) is 0 Å². The van der Waals surface area contributed by atoms with Crippen molar-refractivity contribution in [3.63, 3.8) is 0 Å². The second-order valence-corrected chi connectivity index (χ2v) is 5.92. The SMILES string of the molecule is CNS(=O)(=O)[O-].CNS(=O)(=O)[O-].CNS(=O)(=O)[O-].[In+3]. The van der Waals surface area contributed by atoms with Crippen molar-refractivity contribution in [3.8, 4) is 0 Å². The third kappa shape index (κ3) is 55.8. The average molecular weight is 445 g/mol. The molecule has 0 aromatic carbocycles. The minimum atomic E-state index is -4.16. The van der Waals surface area contributed by atoms with Gasteiger partial charge in [-0.3, -0.25) is 0 Å². The van der Waals surface area contributed by atoms with Crippen molar-refractivity contribution in [2.75, 3.05) is 21.1 Å². The zero-order valence-corrected chi connectivity index (χ0v) is 15.7. The Kier molecular flexibility index (Phi) is 17.9. The number of nitrogens with one attached hydrogen (secondary N) is 3. The van der Waals surface area contributed by atoms with E-state index < -0.39 is 30.9 Å². The maximum absolute atomic E-state index is 9.33. The Morgan fingerprint density at radius 1 is 0.579 bits per heavy atom. The summed E-state index contributed by atoms with van der Waals surface area (Å²) < 4.78 is 88.6. The van der Waals surface area contributed by atoms with Gasteiger partial charge in [-0.2, -0.15) is 0 Å². The van der Waals surface area contributed by atoms with Gasteiger partial charge in [0.15, 0.2) is 30.9 Å². The van der Waals surface area contributed by atoms with Crippen molar-refractivity contribution in [2.45, 2.75) is 0 Å². The van der Waals surface area contributed by atoms with Crippen LogP contribution in [-0.4, -0.2) is 85.9 Å². The van der Waals surface area contributed by atoms with Crippen LogP contribution >= 0.6 is 0 Å². The first-order valence-electron chi connectivity index (χ1n) is 3.61. The second-order valence-electron chi connectivity index (χ2n) is 1.97. The number of rotatable bonds is 3. The Labute approximate surface area is 130 Å². The maximum Gasteiger partial charge on any atom is 3.00 e. The minimum Gasteiger partial charge on any atom is -0.735 e. The summed E-state index contributed by atoms with van der Waals surface area (Å²) in [5.41, 5.74) is 0. The van der Waals surface area contributed by atoms with Gasteiger partial charge in [0.05, 0.1) is 0 Å². The zero-order chi connectivity index (χ0) is 15.6. The standard InChI is InChI=1S/3CH5NO3S.In/c3*1-2-6(3,4)5;/h3*2H,1H3,(H,3,4,5);/q;;;+3/p-3. The molecule has 0 aromatic rings. The van der Waals surface area contributed by atoms with E-state index in [-0.39, 0.29) is 25.8 Å². The third-order valence-corrected chi connectivity index (χ3v) is 2.25. The van der Waals surface area contributed by atoms with E-state index in [2.05, 4.69) is 0 Å². The summed E-state index contributed by atoms with van der Waals surface area (Å²) >= 11 is 0. The Bertz CT molecular complexity index is 420. The molecule has 0 saturated heterocycles. The van der Waals surface area contributed by atoms with Gasteiger partial charge in [-0.05, 0) is 21.1 Å². The fraction of sp³-hybridized carbons (Fsp3) is 1.00. The van der Waals surface area contributed by atoms with Crippen LogP contribution in [0.5, 0.6) is 0 Å². The van der Waals surface area contributed by atoms with Gasteiger partial charge < -0.3 is 13.7 Å². The molecule has 0 aliphatic rings.